The van der Waals surface area contributed by atoms with Gasteiger partial charge in [0, 0.05) is 24.2 Å². The highest BCUT2D eigenvalue weighted by atomic mass is 16.5. The minimum atomic E-state index is -0.168. The van der Waals surface area contributed by atoms with Gasteiger partial charge in [-0.2, -0.15) is 0 Å². The number of piperidine rings is 1. The predicted octanol–water partition coefficient (Wildman–Crippen LogP) is 4.09. The van der Waals surface area contributed by atoms with Gasteiger partial charge in [0.1, 0.15) is 23.9 Å². The van der Waals surface area contributed by atoms with E-state index < -0.39 is 0 Å². The molecule has 2 aromatic carbocycles. The molecule has 0 aliphatic carbocycles. The summed E-state index contributed by atoms with van der Waals surface area (Å²) in [6.07, 6.45) is 1.24. The Morgan fingerprint density at radius 1 is 0.938 bits per heavy atom. The van der Waals surface area contributed by atoms with E-state index >= 15 is 0 Å². The van der Waals surface area contributed by atoms with Crippen LogP contribution in [0.5, 0.6) is 17.2 Å². The molecule has 7 heteroatoms. The van der Waals surface area contributed by atoms with E-state index in [0.29, 0.717) is 56.2 Å². The Balaban J connectivity index is 1.67. The summed E-state index contributed by atoms with van der Waals surface area (Å²) < 4.78 is 21.9. The van der Waals surface area contributed by atoms with E-state index in [1.165, 1.54) is 0 Å². The fourth-order valence-electron chi connectivity index (χ4n) is 3.72. The van der Waals surface area contributed by atoms with E-state index in [0.717, 1.165) is 11.3 Å². The molecule has 32 heavy (non-hydrogen) atoms. The topological polar surface area (TPSA) is 74.3 Å². The van der Waals surface area contributed by atoms with Gasteiger partial charge in [-0.1, -0.05) is 0 Å². The highest BCUT2D eigenvalue weighted by molar-refractivity contribution is 5.94. The predicted molar refractivity (Wildman–Crippen MR) is 120 cm³/mol. The van der Waals surface area contributed by atoms with Crippen LogP contribution in [0.3, 0.4) is 0 Å². The van der Waals surface area contributed by atoms with Crippen molar-refractivity contribution in [3.63, 3.8) is 0 Å². The number of methoxy groups -OCH3 is 1. The van der Waals surface area contributed by atoms with Gasteiger partial charge in [-0.05, 0) is 69.2 Å². The number of benzene rings is 2. The molecule has 0 unspecified atom stereocenters. The van der Waals surface area contributed by atoms with E-state index in [2.05, 4.69) is 0 Å². The van der Waals surface area contributed by atoms with Crippen LogP contribution in [0.1, 0.15) is 42.6 Å². The number of carbonyl (C=O) groups excluding carboxylic acids is 2. The van der Waals surface area contributed by atoms with Gasteiger partial charge in [-0.25, -0.2) is 0 Å². The average molecular weight is 442 g/mol. The van der Waals surface area contributed by atoms with Crippen LogP contribution >= 0.6 is 0 Å². The first-order valence-corrected chi connectivity index (χ1v) is 11.0. The van der Waals surface area contributed by atoms with Gasteiger partial charge in [0.25, 0.3) is 5.91 Å². The molecular weight excluding hydrogens is 410 g/mol. The summed E-state index contributed by atoms with van der Waals surface area (Å²) in [5.41, 5.74) is 1.38. The van der Waals surface area contributed by atoms with Crippen molar-refractivity contribution in [2.75, 3.05) is 33.4 Å². The Bertz CT molecular complexity index is 903. The summed E-state index contributed by atoms with van der Waals surface area (Å²) in [7, 11) is 1.62. The maximum Gasteiger partial charge on any atom is 0.309 e. The second-order valence-corrected chi connectivity index (χ2v) is 7.54. The lowest BCUT2D eigenvalue weighted by Crippen LogP contribution is -2.40. The van der Waals surface area contributed by atoms with Crippen molar-refractivity contribution in [3.05, 3.63) is 53.6 Å². The number of esters is 1. The van der Waals surface area contributed by atoms with Gasteiger partial charge in [-0.15, -0.1) is 0 Å². The zero-order valence-electron chi connectivity index (χ0n) is 19.0. The van der Waals surface area contributed by atoms with Crippen molar-refractivity contribution in [2.45, 2.75) is 33.3 Å². The number of carbonyl (C=O) groups is 2. The molecule has 0 saturated carbocycles. The van der Waals surface area contributed by atoms with Crippen LogP contribution < -0.4 is 14.2 Å². The number of amides is 1. The molecule has 0 bridgehead atoms. The van der Waals surface area contributed by atoms with Gasteiger partial charge in [0.15, 0.2) is 0 Å². The largest absolute Gasteiger partial charge is 0.497 e. The third kappa shape index (κ3) is 5.93. The number of nitrogens with zero attached hydrogens (tertiary/aromatic N) is 1. The molecule has 1 heterocycles. The molecule has 172 valence electrons. The van der Waals surface area contributed by atoms with Crippen LogP contribution in [0.2, 0.25) is 0 Å². The van der Waals surface area contributed by atoms with Crippen molar-refractivity contribution in [1.29, 1.82) is 0 Å². The maximum absolute atomic E-state index is 13.1. The minimum Gasteiger partial charge on any atom is -0.497 e. The number of hydrogen-bond donors (Lipinski definition) is 0. The van der Waals surface area contributed by atoms with Crippen LogP contribution in [0, 0.1) is 5.92 Å². The first-order chi connectivity index (χ1) is 15.5. The van der Waals surface area contributed by atoms with E-state index in [4.69, 9.17) is 18.9 Å². The quantitative estimate of drug-likeness (QED) is 0.546. The molecule has 0 aromatic heterocycles. The van der Waals surface area contributed by atoms with Crippen LogP contribution in [-0.2, 0) is 16.1 Å². The summed E-state index contributed by atoms with van der Waals surface area (Å²) in [5, 5.41) is 0. The molecule has 0 spiro atoms. The molecule has 1 fully saturated rings. The van der Waals surface area contributed by atoms with Crippen LogP contribution in [0.25, 0.3) is 0 Å². The van der Waals surface area contributed by atoms with Gasteiger partial charge in [-0.3, -0.25) is 9.59 Å². The van der Waals surface area contributed by atoms with E-state index in [1.807, 2.05) is 43.3 Å². The smallest absolute Gasteiger partial charge is 0.309 e. The standard InChI is InChI=1S/C25H31NO6/c1-4-30-23-11-6-19(16-20(23)17-32-22-9-7-21(29-3)8-10-22)24(27)26-14-12-18(13-15-26)25(28)31-5-2/h6-11,16,18H,4-5,12-15,17H2,1-3H3. The van der Waals surface area contributed by atoms with E-state index in [1.54, 1.807) is 25.0 Å². The molecule has 1 aliphatic rings. The number of likely N-dealkylation sites (tertiary alicyclic amines) is 1. The summed E-state index contributed by atoms with van der Waals surface area (Å²) in [5.74, 6) is 1.80. The van der Waals surface area contributed by atoms with Crippen LogP contribution in [0.15, 0.2) is 42.5 Å². The Morgan fingerprint density at radius 2 is 1.62 bits per heavy atom. The highest BCUT2D eigenvalue weighted by Crippen LogP contribution is 2.26. The number of hydrogen-bond acceptors (Lipinski definition) is 6. The van der Waals surface area contributed by atoms with Gasteiger partial charge in [0.2, 0.25) is 0 Å². The van der Waals surface area contributed by atoms with Gasteiger partial charge < -0.3 is 23.8 Å². The molecule has 1 amide bonds. The molecule has 7 nitrogen and oxygen atoms in total. The van der Waals surface area contributed by atoms with Gasteiger partial charge >= 0.3 is 5.97 Å². The third-order valence-corrected chi connectivity index (χ3v) is 5.46. The van der Waals surface area contributed by atoms with E-state index in [9.17, 15) is 9.59 Å². The van der Waals surface area contributed by atoms with Crippen molar-refractivity contribution >= 4 is 11.9 Å². The first kappa shape index (κ1) is 23.4. The lowest BCUT2D eigenvalue weighted by molar-refractivity contribution is -0.149. The fraction of sp³-hybridized carbons (Fsp3) is 0.440. The summed E-state index contributed by atoms with van der Waals surface area (Å²) in [6.45, 7) is 5.96. The van der Waals surface area contributed by atoms with Crippen molar-refractivity contribution in [1.82, 2.24) is 4.90 Å². The van der Waals surface area contributed by atoms with Crippen molar-refractivity contribution < 1.29 is 28.5 Å². The zero-order valence-corrected chi connectivity index (χ0v) is 19.0. The Morgan fingerprint density at radius 3 is 2.25 bits per heavy atom. The first-order valence-electron chi connectivity index (χ1n) is 11.0. The second kappa shape index (κ2) is 11.4. The molecule has 1 aliphatic heterocycles. The van der Waals surface area contributed by atoms with Crippen LogP contribution in [0.4, 0.5) is 0 Å². The lowest BCUT2D eigenvalue weighted by Gasteiger charge is -2.31. The second-order valence-electron chi connectivity index (χ2n) is 7.54. The molecule has 0 N–H and O–H groups in total. The maximum atomic E-state index is 13.1. The Labute approximate surface area is 189 Å². The molecule has 2 aromatic rings. The molecule has 0 atom stereocenters. The summed E-state index contributed by atoms with van der Waals surface area (Å²) in [4.78, 5) is 26.8. The monoisotopic (exact) mass is 441 g/mol. The summed E-state index contributed by atoms with van der Waals surface area (Å²) in [6, 6.07) is 12.8. The zero-order chi connectivity index (χ0) is 22.9. The van der Waals surface area contributed by atoms with Crippen molar-refractivity contribution in [2.24, 2.45) is 5.92 Å². The minimum absolute atomic E-state index is 0.0546. The SMILES string of the molecule is CCOC(=O)C1CCN(C(=O)c2ccc(OCC)c(COc3ccc(OC)cc3)c2)CC1. The van der Waals surface area contributed by atoms with Gasteiger partial charge in [0.05, 0.1) is 26.2 Å². The highest BCUT2D eigenvalue weighted by Gasteiger charge is 2.29. The fourth-order valence-corrected chi connectivity index (χ4v) is 3.72. The Hall–Kier alpha value is -3.22. The van der Waals surface area contributed by atoms with Crippen LogP contribution in [-0.4, -0.2) is 50.2 Å². The lowest BCUT2D eigenvalue weighted by atomic mass is 9.96. The van der Waals surface area contributed by atoms with Crippen molar-refractivity contribution in [3.8, 4) is 17.2 Å². The molecule has 0 radical (unpaired) electrons. The van der Waals surface area contributed by atoms with E-state index in [-0.39, 0.29) is 24.4 Å². The average Bonchev–Trinajstić information content (AvgIpc) is 2.83. The molecular formula is C25H31NO6. The normalized spacial score (nSPS) is 14.0. The third-order valence-electron chi connectivity index (χ3n) is 5.46. The number of rotatable bonds is 9. The Kier molecular flexibility index (Phi) is 8.36. The molecule has 1 saturated heterocycles. The number of ether oxygens (including phenoxy) is 4. The summed E-state index contributed by atoms with van der Waals surface area (Å²) >= 11 is 0. The molecule has 3 rings (SSSR count).